The predicted molar refractivity (Wildman–Crippen MR) is 97.2 cm³/mol. The van der Waals surface area contributed by atoms with E-state index in [0.29, 0.717) is 0 Å². The van der Waals surface area contributed by atoms with E-state index in [0.717, 1.165) is 27.6 Å². The number of aryl methyl sites for hydroxylation is 3. The Bertz CT molecular complexity index is 896. The fourth-order valence-electron chi connectivity index (χ4n) is 2.97. The number of imidazole rings is 1. The van der Waals surface area contributed by atoms with Gasteiger partial charge in [0.1, 0.15) is 12.4 Å². The predicted octanol–water partition coefficient (Wildman–Crippen LogP) is 3.64. The molecule has 0 fully saturated rings. The minimum absolute atomic E-state index is 0.0439. The zero-order valence-electron chi connectivity index (χ0n) is 14.7. The lowest BCUT2D eigenvalue weighted by Gasteiger charge is -2.25. The molecule has 2 heterocycles. The van der Waals surface area contributed by atoms with Crippen LogP contribution in [0.2, 0.25) is 0 Å². The van der Waals surface area contributed by atoms with Crippen LogP contribution in [0.5, 0.6) is 0 Å². The average molecular weight is 342 g/mol. The van der Waals surface area contributed by atoms with Gasteiger partial charge in [-0.3, -0.25) is 4.79 Å². The number of fused-ring (bicyclic) bond motifs is 1. The Morgan fingerprint density at radius 1 is 1.25 bits per heavy atom. The number of hydrogen-bond acceptors (Lipinski definition) is 4. The van der Waals surface area contributed by atoms with E-state index in [-0.39, 0.29) is 18.5 Å². The number of amides is 1. The average Bonchev–Trinajstić information content (AvgIpc) is 3.05. The minimum Gasteiger partial charge on any atom is -0.336 e. The van der Waals surface area contributed by atoms with E-state index in [1.54, 1.807) is 16.2 Å². The molecule has 0 spiro atoms. The van der Waals surface area contributed by atoms with Gasteiger partial charge in [-0.15, -0.1) is 11.3 Å². The fourth-order valence-corrected chi connectivity index (χ4v) is 3.88. The lowest BCUT2D eigenvalue weighted by Crippen LogP contribution is -2.33. The third-order valence-corrected chi connectivity index (χ3v) is 5.35. The number of hydrogen-bond donors (Lipinski definition) is 0. The van der Waals surface area contributed by atoms with E-state index in [1.165, 1.54) is 4.88 Å². The summed E-state index contributed by atoms with van der Waals surface area (Å²) in [6, 6.07) is 7.86. The summed E-state index contributed by atoms with van der Waals surface area (Å²) in [7, 11) is 1.84. The number of carbonyl (C=O) groups is 1. The molecule has 2 aromatic heterocycles. The van der Waals surface area contributed by atoms with E-state index >= 15 is 0 Å². The maximum Gasteiger partial charge on any atom is 0.242 e. The molecule has 3 aromatic rings. The van der Waals surface area contributed by atoms with Crippen LogP contribution in [-0.2, 0) is 11.3 Å². The van der Waals surface area contributed by atoms with Gasteiger partial charge >= 0.3 is 0 Å². The second kappa shape index (κ2) is 6.36. The molecule has 0 aliphatic rings. The van der Waals surface area contributed by atoms with Crippen molar-refractivity contribution in [3.05, 3.63) is 45.7 Å². The number of rotatable bonds is 4. The standard InChI is InChI=1S/C18H22N4OS/c1-11(18-12(2)24-14(4)20-18)21(5)17(23)10-22-13(3)19-15-8-6-7-9-16(15)22/h6-9,11H,10H2,1-5H3/t11-/m1/s1. The van der Waals surface area contributed by atoms with E-state index in [2.05, 4.69) is 16.9 Å². The van der Waals surface area contributed by atoms with Crippen LogP contribution in [0.3, 0.4) is 0 Å². The topological polar surface area (TPSA) is 51.0 Å². The second-order valence-corrected chi connectivity index (χ2v) is 7.50. The van der Waals surface area contributed by atoms with Gasteiger partial charge < -0.3 is 9.47 Å². The van der Waals surface area contributed by atoms with Gasteiger partial charge in [0.2, 0.25) is 5.91 Å². The molecule has 0 aliphatic heterocycles. The van der Waals surface area contributed by atoms with Gasteiger partial charge in [-0.2, -0.15) is 0 Å². The third kappa shape index (κ3) is 2.94. The smallest absolute Gasteiger partial charge is 0.242 e. The molecule has 3 rings (SSSR count). The van der Waals surface area contributed by atoms with E-state index in [9.17, 15) is 4.79 Å². The van der Waals surface area contributed by atoms with Crippen molar-refractivity contribution in [2.24, 2.45) is 0 Å². The van der Waals surface area contributed by atoms with E-state index in [4.69, 9.17) is 0 Å². The molecule has 1 aromatic carbocycles. The summed E-state index contributed by atoms with van der Waals surface area (Å²) < 4.78 is 1.97. The SMILES string of the molecule is Cc1nc([C@@H](C)N(C)C(=O)Cn2c(C)nc3ccccc32)c(C)s1. The highest BCUT2D eigenvalue weighted by Gasteiger charge is 2.22. The summed E-state index contributed by atoms with van der Waals surface area (Å²) in [5.41, 5.74) is 2.90. The number of benzene rings is 1. The summed E-state index contributed by atoms with van der Waals surface area (Å²) >= 11 is 1.67. The van der Waals surface area contributed by atoms with Crippen molar-refractivity contribution in [2.45, 2.75) is 40.3 Å². The van der Waals surface area contributed by atoms with Gasteiger partial charge in [0.15, 0.2) is 0 Å². The first-order valence-electron chi connectivity index (χ1n) is 8.00. The zero-order chi connectivity index (χ0) is 17.4. The maximum atomic E-state index is 12.8. The Kier molecular flexibility index (Phi) is 4.41. The molecule has 6 heteroatoms. The lowest BCUT2D eigenvalue weighted by atomic mass is 10.2. The molecule has 5 nitrogen and oxygen atoms in total. The van der Waals surface area contributed by atoms with E-state index in [1.807, 2.05) is 56.7 Å². The van der Waals surface area contributed by atoms with Crippen molar-refractivity contribution in [3.63, 3.8) is 0 Å². The van der Waals surface area contributed by atoms with E-state index < -0.39 is 0 Å². The number of thiazole rings is 1. The number of carbonyl (C=O) groups excluding carboxylic acids is 1. The second-order valence-electron chi connectivity index (χ2n) is 6.09. The summed E-state index contributed by atoms with van der Waals surface area (Å²) in [4.78, 5) is 24.8. The molecule has 0 saturated carbocycles. The minimum atomic E-state index is -0.0439. The Labute approximate surface area is 146 Å². The van der Waals surface area contributed by atoms with Gasteiger partial charge in [0, 0.05) is 11.9 Å². The monoisotopic (exact) mass is 342 g/mol. The number of para-hydroxylation sites is 2. The van der Waals surface area contributed by atoms with Gasteiger partial charge in [-0.05, 0) is 39.8 Å². The number of likely N-dealkylation sites (N-methyl/N-ethyl adjacent to an activating group) is 1. The molecule has 0 radical (unpaired) electrons. The Hall–Kier alpha value is -2.21. The number of aromatic nitrogens is 3. The highest BCUT2D eigenvalue weighted by atomic mass is 32.1. The molecule has 126 valence electrons. The molecular formula is C18H22N4OS. The number of nitrogens with zero attached hydrogens (tertiary/aromatic N) is 4. The summed E-state index contributed by atoms with van der Waals surface area (Å²) in [5, 5.41) is 1.03. The van der Waals surface area contributed by atoms with Crippen molar-refractivity contribution in [3.8, 4) is 0 Å². The van der Waals surface area contributed by atoms with Crippen molar-refractivity contribution in [1.29, 1.82) is 0 Å². The van der Waals surface area contributed by atoms with Crippen LogP contribution < -0.4 is 0 Å². The van der Waals surface area contributed by atoms with Crippen LogP contribution in [0.25, 0.3) is 11.0 Å². The Balaban J connectivity index is 1.83. The quantitative estimate of drug-likeness (QED) is 0.727. The molecule has 0 bridgehead atoms. The molecular weight excluding hydrogens is 320 g/mol. The molecule has 0 aliphatic carbocycles. The van der Waals surface area contributed by atoms with Gasteiger partial charge in [0.05, 0.1) is 27.8 Å². The van der Waals surface area contributed by atoms with Crippen molar-refractivity contribution in [1.82, 2.24) is 19.4 Å². The molecule has 0 saturated heterocycles. The van der Waals surface area contributed by atoms with Gasteiger partial charge in [-0.25, -0.2) is 9.97 Å². The van der Waals surface area contributed by atoms with Crippen molar-refractivity contribution < 1.29 is 4.79 Å². The van der Waals surface area contributed by atoms with Crippen LogP contribution in [0, 0.1) is 20.8 Å². The first-order chi connectivity index (χ1) is 11.4. The third-order valence-electron chi connectivity index (χ3n) is 4.45. The zero-order valence-corrected chi connectivity index (χ0v) is 15.5. The van der Waals surface area contributed by atoms with Gasteiger partial charge in [-0.1, -0.05) is 12.1 Å². The lowest BCUT2D eigenvalue weighted by molar-refractivity contribution is -0.132. The molecule has 1 amide bonds. The summed E-state index contributed by atoms with van der Waals surface area (Å²) in [5.74, 6) is 0.907. The van der Waals surface area contributed by atoms with Crippen LogP contribution in [0.15, 0.2) is 24.3 Å². The fraction of sp³-hybridized carbons (Fsp3) is 0.389. The molecule has 24 heavy (non-hydrogen) atoms. The maximum absolute atomic E-state index is 12.8. The first kappa shape index (κ1) is 16.6. The van der Waals surface area contributed by atoms with Gasteiger partial charge in [0.25, 0.3) is 0 Å². The molecule has 1 atom stereocenters. The Morgan fingerprint density at radius 2 is 1.96 bits per heavy atom. The summed E-state index contributed by atoms with van der Waals surface area (Å²) in [6.45, 7) is 8.30. The first-order valence-corrected chi connectivity index (χ1v) is 8.81. The van der Waals surface area contributed by atoms with Crippen molar-refractivity contribution >= 4 is 28.3 Å². The summed E-state index contributed by atoms with van der Waals surface area (Å²) in [6.07, 6.45) is 0. The van der Waals surface area contributed by atoms with Crippen molar-refractivity contribution in [2.75, 3.05) is 7.05 Å². The molecule has 0 N–H and O–H groups in total. The van der Waals surface area contributed by atoms with Crippen LogP contribution in [0.1, 0.15) is 34.4 Å². The normalized spacial score (nSPS) is 12.5. The highest BCUT2D eigenvalue weighted by Crippen LogP contribution is 2.26. The van der Waals surface area contributed by atoms with Crippen LogP contribution >= 0.6 is 11.3 Å². The largest absolute Gasteiger partial charge is 0.336 e. The van der Waals surface area contributed by atoms with Crippen LogP contribution in [0.4, 0.5) is 0 Å². The Morgan fingerprint density at radius 3 is 2.62 bits per heavy atom. The highest BCUT2D eigenvalue weighted by molar-refractivity contribution is 7.11. The molecule has 0 unspecified atom stereocenters. The van der Waals surface area contributed by atoms with Crippen LogP contribution in [-0.4, -0.2) is 32.4 Å².